The van der Waals surface area contributed by atoms with E-state index in [4.69, 9.17) is 0 Å². The molecule has 1 N–H and O–H groups in total. The van der Waals surface area contributed by atoms with Gasteiger partial charge in [0.05, 0.1) is 11.7 Å². The minimum Gasteiger partial charge on any atom is -0.352 e. The Morgan fingerprint density at radius 3 is 2.56 bits per heavy atom. The number of nitrogens with one attached hydrogen (secondary N) is 1. The number of nitrogens with zero attached hydrogens (tertiary/aromatic N) is 3. The fourth-order valence-electron chi connectivity index (χ4n) is 4.09. The van der Waals surface area contributed by atoms with Gasteiger partial charge in [0.25, 0.3) is 5.56 Å². The van der Waals surface area contributed by atoms with Crippen molar-refractivity contribution in [1.29, 1.82) is 0 Å². The van der Waals surface area contributed by atoms with Crippen molar-refractivity contribution in [1.82, 2.24) is 19.8 Å². The van der Waals surface area contributed by atoms with E-state index in [0.29, 0.717) is 5.39 Å². The molecule has 0 spiro atoms. The lowest BCUT2D eigenvalue weighted by Crippen LogP contribution is -2.43. The van der Waals surface area contributed by atoms with Crippen LogP contribution in [0.25, 0.3) is 21.3 Å². The molecule has 7 heteroatoms. The van der Waals surface area contributed by atoms with Gasteiger partial charge in [0.2, 0.25) is 5.91 Å². The third-order valence-corrected chi connectivity index (χ3v) is 6.66. The highest BCUT2D eigenvalue weighted by atomic mass is 32.1. The zero-order valence-corrected chi connectivity index (χ0v) is 20.6. The number of aromatic nitrogens is 2. The molecule has 2 heterocycles. The lowest BCUT2D eigenvalue weighted by molar-refractivity contribution is -0.122. The minimum absolute atomic E-state index is 0.00718. The molecular weight excluding hydrogens is 444 g/mol. The smallest absolute Gasteiger partial charge is 0.262 e. The van der Waals surface area contributed by atoms with Gasteiger partial charge in [-0.1, -0.05) is 60.2 Å². The molecule has 0 aliphatic carbocycles. The summed E-state index contributed by atoms with van der Waals surface area (Å²) in [5, 5.41) is 5.75. The Bertz CT molecular complexity index is 1310. The number of hydrogen-bond donors (Lipinski definition) is 1. The van der Waals surface area contributed by atoms with Crippen LogP contribution in [0.3, 0.4) is 0 Å². The Balaban J connectivity index is 1.47. The van der Waals surface area contributed by atoms with Crippen LogP contribution in [0.15, 0.2) is 71.1 Å². The maximum Gasteiger partial charge on any atom is 0.262 e. The van der Waals surface area contributed by atoms with Crippen LogP contribution in [0.2, 0.25) is 0 Å². The first kappa shape index (κ1) is 23.9. The van der Waals surface area contributed by atoms with Crippen LogP contribution in [0, 0.1) is 6.92 Å². The van der Waals surface area contributed by atoms with Gasteiger partial charge in [-0.25, -0.2) is 4.98 Å². The molecule has 0 saturated carbocycles. The minimum atomic E-state index is -0.108. The number of rotatable bonds is 9. The van der Waals surface area contributed by atoms with Crippen molar-refractivity contribution in [3.8, 4) is 11.1 Å². The van der Waals surface area contributed by atoms with Crippen LogP contribution in [0.5, 0.6) is 0 Å². The summed E-state index contributed by atoms with van der Waals surface area (Å²) in [6.07, 6.45) is 2.53. The molecule has 1 unspecified atom stereocenters. The zero-order valence-electron chi connectivity index (χ0n) is 19.8. The average molecular weight is 475 g/mol. The van der Waals surface area contributed by atoms with Crippen LogP contribution in [-0.2, 0) is 17.8 Å². The molecule has 1 atom stereocenters. The second-order valence-corrected chi connectivity index (χ2v) is 9.76. The van der Waals surface area contributed by atoms with Crippen molar-refractivity contribution in [3.05, 3.63) is 87.8 Å². The Morgan fingerprint density at radius 1 is 1.12 bits per heavy atom. The van der Waals surface area contributed by atoms with Gasteiger partial charge in [-0.2, -0.15) is 0 Å². The van der Waals surface area contributed by atoms with E-state index in [1.807, 2.05) is 68.9 Å². The fourth-order valence-corrected chi connectivity index (χ4v) is 5.00. The molecule has 0 radical (unpaired) electrons. The van der Waals surface area contributed by atoms with E-state index in [1.54, 1.807) is 10.9 Å². The zero-order chi connectivity index (χ0) is 24.1. The largest absolute Gasteiger partial charge is 0.352 e. The number of hydrogen-bond acceptors (Lipinski definition) is 5. The van der Waals surface area contributed by atoms with Gasteiger partial charge < -0.3 is 10.2 Å². The number of amides is 1. The van der Waals surface area contributed by atoms with Crippen molar-refractivity contribution in [2.24, 2.45) is 0 Å². The number of likely N-dealkylation sites (N-methyl/N-ethyl adjacent to an activating group) is 1. The van der Waals surface area contributed by atoms with Crippen LogP contribution in [0.4, 0.5) is 0 Å². The molecule has 1 amide bonds. The molecule has 6 nitrogen and oxygen atoms in total. The molecular formula is C27H30N4O2S. The first-order valence-electron chi connectivity index (χ1n) is 11.4. The van der Waals surface area contributed by atoms with E-state index in [1.165, 1.54) is 22.5 Å². The van der Waals surface area contributed by atoms with Crippen molar-refractivity contribution in [2.75, 3.05) is 20.6 Å². The standard InChI is InChI=1S/C27H30N4O2S/c1-19-9-11-21(12-10-19)23-17-34-26-25(23)27(33)31(18-28-26)14-13-24(32)29-22(16-30(2)3)15-20-7-5-4-6-8-20/h4-12,17-18,22H,13-16H2,1-3H3,(H,29,32). The van der Waals surface area contributed by atoms with Gasteiger partial charge >= 0.3 is 0 Å². The van der Waals surface area contributed by atoms with Gasteiger partial charge in [-0.05, 0) is 38.6 Å². The maximum atomic E-state index is 13.3. The molecule has 2 aromatic heterocycles. The second-order valence-electron chi connectivity index (χ2n) is 8.91. The summed E-state index contributed by atoms with van der Waals surface area (Å²) in [5.41, 5.74) is 4.14. The van der Waals surface area contributed by atoms with Crippen molar-refractivity contribution in [3.63, 3.8) is 0 Å². The maximum absolute atomic E-state index is 13.3. The molecule has 0 bridgehead atoms. The van der Waals surface area contributed by atoms with Gasteiger partial charge in [0.15, 0.2) is 0 Å². The summed E-state index contributed by atoms with van der Waals surface area (Å²) < 4.78 is 1.55. The summed E-state index contributed by atoms with van der Waals surface area (Å²) in [6, 6.07) is 18.3. The summed E-state index contributed by atoms with van der Waals surface area (Å²) in [5.74, 6) is -0.0705. The van der Waals surface area contributed by atoms with Crippen molar-refractivity contribution < 1.29 is 4.79 Å². The van der Waals surface area contributed by atoms with Crippen molar-refractivity contribution in [2.45, 2.75) is 32.4 Å². The first-order chi connectivity index (χ1) is 16.4. The molecule has 4 rings (SSSR count). The number of carbonyl (C=O) groups excluding carboxylic acids is 1. The summed E-state index contributed by atoms with van der Waals surface area (Å²) in [4.78, 5) is 33.3. The highest BCUT2D eigenvalue weighted by Crippen LogP contribution is 2.30. The van der Waals surface area contributed by atoms with Gasteiger partial charge in [-0.3, -0.25) is 14.2 Å². The Morgan fingerprint density at radius 2 is 1.85 bits per heavy atom. The Kier molecular flexibility index (Phi) is 7.55. The topological polar surface area (TPSA) is 67.2 Å². The molecule has 4 aromatic rings. The predicted molar refractivity (Wildman–Crippen MR) is 139 cm³/mol. The van der Waals surface area contributed by atoms with E-state index in [0.717, 1.165) is 28.9 Å². The number of aryl methyl sites for hydroxylation is 2. The highest BCUT2D eigenvalue weighted by Gasteiger charge is 2.16. The molecule has 0 aliphatic rings. The van der Waals surface area contributed by atoms with Crippen LogP contribution < -0.4 is 10.9 Å². The summed E-state index contributed by atoms with van der Waals surface area (Å²) in [7, 11) is 3.99. The third-order valence-electron chi connectivity index (χ3n) is 5.78. The lowest BCUT2D eigenvalue weighted by atomic mass is 10.0. The van der Waals surface area contributed by atoms with Gasteiger partial charge in [-0.15, -0.1) is 11.3 Å². The van der Waals surface area contributed by atoms with E-state index in [-0.39, 0.29) is 30.5 Å². The monoisotopic (exact) mass is 474 g/mol. The molecule has 0 aliphatic heterocycles. The lowest BCUT2D eigenvalue weighted by Gasteiger charge is -2.22. The molecule has 0 fully saturated rings. The summed E-state index contributed by atoms with van der Waals surface area (Å²) >= 11 is 1.47. The molecule has 34 heavy (non-hydrogen) atoms. The molecule has 0 saturated heterocycles. The number of fused-ring (bicyclic) bond motifs is 1. The normalized spacial score (nSPS) is 12.2. The second kappa shape index (κ2) is 10.8. The SMILES string of the molecule is Cc1ccc(-c2csc3ncn(CCC(=O)NC(Cc4ccccc4)CN(C)C)c(=O)c23)cc1. The quantitative estimate of drug-likeness (QED) is 0.396. The first-order valence-corrected chi connectivity index (χ1v) is 12.3. The van der Waals surface area contributed by atoms with Crippen molar-refractivity contribution >= 4 is 27.5 Å². The third kappa shape index (κ3) is 5.79. The molecule has 2 aromatic carbocycles. The van der Waals surface area contributed by atoms with E-state index >= 15 is 0 Å². The number of benzene rings is 2. The van der Waals surface area contributed by atoms with E-state index < -0.39 is 0 Å². The number of thiophene rings is 1. The average Bonchev–Trinajstić information content (AvgIpc) is 3.24. The summed E-state index contributed by atoms with van der Waals surface area (Å²) in [6.45, 7) is 3.07. The Labute approximate surface area is 203 Å². The molecule has 176 valence electrons. The highest BCUT2D eigenvalue weighted by molar-refractivity contribution is 7.17. The number of carbonyl (C=O) groups is 1. The fraction of sp³-hybridized carbons (Fsp3) is 0.296. The predicted octanol–water partition coefficient (Wildman–Crippen LogP) is 4.11. The van der Waals surface area contributed by atoms with Crippen LogP contribution in [0.1, 0.15) is 17.5 Å². The van der Waals surface area contributed by atoms with E-state index in [2.05, 4.69) is 27.3 Å². The van der Waals surface area contributed by atoms with Crippen LogP contribution in [-0.4, -0.2) is 47.0 Å². The van der Waals surface area contributed by atoms with E-state index in [9.17, 15) is 9.59 Å². The van der Waals surface area contributed by atoms with Gasteiger partial charge in [0, 0.05) is 36.5 Å². The Hall–Kier alpha value is -3.29. The van der Waals surface area contributed by atoms with Gasteiger partial charge in [0.1, 0.15) is 4.83 Å². The van der Waals surface area contributed by atoms with Crippen LogP contribution >= 0.6 is 11.3 Å².